The van der Waals surface area contributed by atoms with E-state index in [1.54, 1.807) is 0 Å². The molecule has 0 saturated heterocycles. The number of rotatable bonds is 4. The van der Waals surface area contributed by atoms with Crippen LogP contribution in [-0.4, -0.2) is 23.8 Å². The molecule has 0 aromatic rings. The van der Waals surface area contributed by atoms with Crippen molar-refractivity contribution < 1.29 is 9.53 Å². The van der Waals surface area contributed by atoms with Crippen LogP contribution >= 0.6 is 27.5 Å². The fourth-order valence-corrected chi connectivity index (χ4v) is 1.02. The zero-order valence-electron chi connectivity index (χ0n) is 4.14. The van der Waals surface area contributed by atoms with E-state index >= 15 is 0 Å². The van der Waals surface area contributed by atoms with Crippen molar-refractivity contribution in [3.05, 3.63) is 0 Å². The summed E-state index contributed by atoms with van der Waals surface area (Å²) in [5.41, 5.74) is 0. The van der Waals surface area contributed by atoms with Crippen LogP contribution in [0.5, 0.6) is 0 Å². The lowest BCUT2D eigenvalue weighted by Gasteiger charge is -2.05. The van der Waals surface area contributed by atoms with Crippen LogP contribution in [0.3, 0.4) is 0 Å². The third-order valence-corrected chi connectivity index (χ3v) is 1.66. The molecule has 0 fully saturated rings. The Balaban J connectivity index is 3.20. The van der Waals surface area contributed by atoms with Crippen molar-refractivity contribution in [2.24, 2.45) is 0 Å². The highest BCUT2D eigenvalue weighted by Gasteiger charge is 2.02. The molecule has 0 aromatic carbocycles. The number of alkyl halides is 2. The summed E-state index contributed by atoms with van der Waals surface area (Å²) in [6.45, 7) is 0.397. The van der Waals surface area contributed by atoms with Gasteiger partial charge in [0.2, 0.25) is 0 Å². The molecular formula is C4H6BrClO2. The molecule has 0 spiro atoms. The van der Waals surface area contributed by atoms with Gasteiger partial charge in [0.15, 0.2) is 0 Å². The van der Waals surface area contributed by atoms with E-state index in [1.165, 1.54) is 0 Å². The van der Waals surface area contributed by atoms with Gasteiger partial charge in [-0.05, 0) is 0 Å². The average molecular weight is 201 g/mol. The lowest BCUT2D eigenvalue weighted by molar-refractivity contribution is -0.131. The van der Waals surface area contributed by atoms with Gasteiger partial charge in [-0.15, -0.1) is 11.6 Å². The van der Waals surface area contributed by atoms with Gasteiger partial charge >= 0.3 is 0 Å². The van der Waals surface area contributed by atoms with Gasteiger partial charge in [0.05, 0.1) is 5.88 Å². The molecule has 0 aliphatic heterocycles. The summed E-state index contributed by atoms with van der Waals surface area (Å²) in [6, 6.07) is 0. The predicted octanol–water partition coefficient (Wildman–Crippen LogP) is 1.16. The van der Waals surface area contributed by atoms with Crippen LogP contribution in [-0.2, 0) is 9.53 Å². The molecule has 0 heterocycles. The molecule has 4 heteroatoms. The maximum absolute atomic E-state index is 9.63. The van der Waals surface area contributed by atoms with Crippen molar-refractivity contribution >= 4 is 34.0 Å². The van der Waals surface area contributed by atoms with Gasteiger partial charge in [0.1, 0.15) is 6.10 Å². The van der Waals surface area contributed by atoms with Crippen LogP contribution in [0.4, 0.5) is 0 Å². The first-order valence-corrected chi connectivity index (χ1v) is 3.71. The van der Waals surface area contributed by atoms with Crippen molar-refractivity contribution in [2.45, 2.75) is 6.10 Å². The molecule has 1 atom stereocenters. The second-order valence-electron chi connectivity index (χ2n) is 1.16. The SMILES string of the molecule is O=COC(CCl)CBr. The van der Waals surface area contributed by atoms with E-state index in [2.05, 4.69) is 20.7 Å². The molecule has 0 aromatic heterocycles. The molecule has 0 bridgehead atoms. The van der Waals surface area contributed by atoms with E-state index in [-0.39, 0.29) is 6.10 Å². The van der Waals surface area contributed by atoms with Crippen LogP contribution in [0.25, 0.3) is 0 Å². The van der Waals surface area contributed by atoms with E-state index in [0.29, 0.717) is 17.7 Å². The fourth-order valence-electron chi connectivity index (χ4n) is 0.193. The van der Waals surface area contributed by atoms with Crippen molar-refractivity contribution in [3.63, 3.8) is 0 Å². The van der Waals surface area contributed by atoms with Crippen LogP contribution in [0.1, 0.15) is 0 Å². The summed E-state index contributed by atoms with van der Waals surface area (Å²) < 4.78 is 4.48. The average Bonchev–Trinajstić information content (AvgIpc) is 1.83. The Labute approximate surface area is 61.3 Å². The zero-order valence-corrected chi connectivity index (χ0v) is 6.48. The molecule has 0 aliphatic rings. The molecular weight excluding hydrogens is 195 g/mol. The summed E-state index contributed by atoms with van der Waals surface area (Å²) >= 11 is 8.44. The third kappa shape index (κ3) is 3.27. The molecule has 0 rings (SSSR count). The summed E-state index contributed by atoms with van der Waals surface area (Å²) in [5.74, 6) is 0.337. The predicted molar refractivity (Wildman–Crippen MR) is 35.5 cm³/mol. The van der Waals surface area contributed by atoms with Crippen molar-refractivity contribution in [1.29, 1.82) is 0 Å². The Morgan fingerprint density at radius 1 is 1.88 bits per heavy atom. The van der Waals surface area contributed by atoms with Crippen molar-refractivity contribution in [3.8, 4) is 0 Å². The van der Waals surface area contributed by atoms with Crippen LogP contribution in [0.15, 0.2) is 0 Å². The van der Waals surface area contributed by atoms with E-state index in [1.807, 2.05) is 0 Å². The van der Waals surface area contributed by atoms with E-state index in [4.69, 9.17) is 11.6 Å². The van der Waals surface area contributed by atoms with Gasteiger partial charge < -0.3 is 4.74 Å². The molecule has 48 valence electrons. The highest BCUT2D eigenvalue weighted by Crippen LogP contribution is 1.97. The first kappa shape index (κ1) is 8.24. The van der Waals surface area contributed by atoms with Crippen molar-refractivity contribution in [2.75, 3.05) is 11.2 Å². The Kier molecular flexibility index (Phi) is 5.54. The smallest absolute Gasteiger partial charge is 0.293 e. The number of hydrogen-bond acceptors (Lipinski definition) is 2. The second-order valence-corrected chi connectivity index (χ2v) is 2.12. The number of ether oxygens (including phenoxy) is 1. The highest BCUT2D eigenvalue weighted by molar-refractivity contribution is 9.09. The normalized spacial score (nSPS) is 12.8. The second kappa shape index (κ2) is 5.38. The van der Waals surface area contributed by atoms with Crippen LogP contribution in [0, 0.1) is 0 Å². The summed E-state index contributed by atoms with van der Waals surface area (Å²) in [6.07, 6.45) is -0.186. The van der Waals surface area contributed by atoms with Crippen molar-refractivity contribution in [1.82, 2.24) is 0 Å². The van der Waals surface area contributed by atoms with Gasteiger partial charge in [0.25, 0.3) is 6.47 Å². The monoisotopic (exact) mass is 200 g/mol. The number of halogens is 2. The summed E-state index contributed by atoms with van der Waals surface area (Å²) in [7, 11) is 0. The first-order chi connectivity index (χ1) is 3.85. The van der Waals surface area contributed by atoms with Gasteiger partial charge in [-0.25, -0.2) is 0 Å². The number of hydrogen-bond donors (Lipinski definition) is 0. The van der Waals surface area contributed by atoms with E-state index < -0.39 is 0 Å². The molecule has 1 unspecified atom stereocenters. The lowest BCUT2D eigenvalue weighted by Crippen LogP contribution is -2.14. The maximum atomic E-state index is 9.63. The minimum Gasteiger partial charge on any atom is -0.462 e. The van der Waals surface area contributed by atoms with Crippen LogP contribution in [0.2, 0.25) is 0 Å². The number of carbonyl (C=O) groups is 1. The van der Waals surface area contributed by atoms with Crippen LogP contribution < -0.4 is 0 Å². The molecule has 0 radical (unpaired) electrons. The minimum atomic E-state index is -0.186. The summed E-state index contributed by atoms with van der Waals surface area (Å²) in [5, 5.41) is 0.592. The Bertz CT molecular complexity index is 65.1. The number of carbonyl (C=O) groups excluding carboxylic acids is 1. The van der Waals surface area contributed by atoms with Gasteiger partial charge in [0, 0.05) is 5.33 Å². The molecule has 0 amide bonds. The fraction of sp³-hybridized carbons (Fsp3) is 0.750. The quantitative estimate of drug-likeness (QED) is 0.504. The van der Waals surface area contributed by atoms with Gasteiger partial charge in [-0.3, -0.25) is 4.79 Å². The Morgan fingerprint density at radius 3 is 2.62 bits per heavy atom. The first-order valence-electron chi connectivity index (χ1n) is 2.06. The minimum absolute atomic E-state index is 0.186. The Morgan fingerprint density at radius 2 is 2.50 bits per heavy atom. The third-order valence-electron chi connectivity index (χ3n) is 0.592. The Hall–Kier alpha value is 0.240. The largest absolute Gasteiger partial charge is 0.462 e. The summed E-state index contributed by atoms with van der Waals surface area (Å²) in [4.78, 5) is 9.63. The zero-order chi connectivity index (χ0) is 6.41. The van der Waals surface area contributed by atoms with E-state index in [0.717, 1.165) is 0 Å². The standard InChI is InChI=1S/C4H6BrClO2/c5-1-4(2-6)8-3-7/h3-4H,1-2H2. The van der Waals surface area contributed by atoms with E-state index in [9.17, 15) is 4.79 Å². The molecule has 0 N–H and O–H groups in total. The molecule has 2 nitrogen and oxygen atoms in total. The topological polar surface area (TPSA) is 26.3 Å². The van der Waals surface area contributed by atoms with Gasteiger partial charge in [-0.1, -0.05) is 15.9 Å². The highest BCUT2D eigenvalue weighted by atomic mass is 79.9. The van der Waals surface area contributed by atoms with Gasteiger partial charge in [-0.2, -0.15) is 0 Å². The molecule has 0 saturated carbocycles. The molecule has 8 heavy (non-hydrogen) atoms. The lowest BCUT2D eigenvalue weighted by atomic mass is 10.5. The molecule has 0 aliphatic carbocycles. The maximum Gasteiger partial charge on any atom is 0.293 e.